The summed E-state index contributed by atoms with van der Waals surface area (Å²) >= 11 is 0. The number of hydrogen-bond donors (Lipinski definition) is 1. The summed E-state index contributed by atoms with van der Waals surface area (Å²) in [5.74, 6) is -0.951. The first-order valence-electron chi connectivity index (χ1n) is 6.45. The lowest BCUT2D eigenvalue weighted by Crippen LogP contribution is -2.41. The standard InChI is InChI=1S/C14H17FN2O3/c1-20-12-3-2-10(15)8-11(12)14(19)17-6-4-9(5-7-17)13(16)18/h2-3,8-9H,4-7H2,1H3,(H2,16,18). The molecular weight excluding hydrogens is 263 g/mol. The normalized spacial score (nSPS) is 16.0. The Kier molecular flexibility index (Phi) is 4.22. The van der Waals surface area contributed by atoms with Gasteiger partial charge in [-0.3, -0.25) is 9.59 Å². The summed E-state index contributed by atoms with van der Waals surface area (Å²) in [6.45, 7) is 0.873. The maximum absolute atomic E-state index is 13.3. The molecule has 1 aromatic carbocycles. The van der Waals surface area contributed by atoms with E-state index in [1.54, 1.807) is 4.90 Å². The van der Waals surface area contributed by atoms with E-state index in [-0.39, 0.29) is 23.3 Å². The van der Waals surface area contributed by atoms with Crippen molar-refractivity contribution in [2.75, 3.05) is 20.2 Å². The van der Waals surface area contributed by atoms with E-state index in [1.165, 1.54) is 25.3 Å². The van der Waals surface area contributed by atoms with Crippen LogP contribution >= 0.6 is 0 Å². The number of primary amides is 1. The van der Waals surface area contributed by atoms with Gasteiger partial charge >= 0.3 is 0 Å². The first-order valence-corrected chi connectivity index (χ1v) is 6.45. The summed E-state index contributed by atoms with van der Waals surface area (Å²) in [5, 5.41) is 0. The van der Waals surface area contributed by atoms with Gasteiger partial charge in [0.15, 0.2) is 0 Å². The van der Waals surface area contributed by atoms with Gasteiger partial charge in [0.1, 0.15) is 11.6 Å². The summed E-state index contributed by atoms with van der Waals surface area (Å²) in [6, 6.07) is 3.84. The average Bonchev–Trinajstić information content (AvgIpc) is 2.46. The molecule has 2 amide bonds. The minimum Gasteiger partial charge on any atom is -0.496 e. The van der Waals surface area contributed by atoms with Crippen LogP contribution in [0.2, 0.25) is 0 Å². The number of amides is 2. The van der Waals surface area contributed by atoms with Gasteiger partial charge in [0.25, 0.3) is 5.91 Å². The van der Waals surface area contributed by atoms with Crippen LogP contribution in [0.1, 0.15) is 23.2 Å². The molecular formula is C14H17FN2O3. The minimum atomic E-state index is -0.485. The van der Waals surface area contributed by atoms with Gasteiger partial charge in [0, 0.05) is 19.0 Å². The van der Waals surface area contributed by atoms with E-state index in [4.69, 9.17) is 10.5 Å². The Hall–Kier alpha value is -2.11. The Labute approximate surface area is 116 Å². The fraction of sp³-hybridized carbons (Fsp3) is 0.429. The lowest BCUT2D eigenvalue weighted by Gasteiger charge is -2.30. The van der Waals surface area contributed by atoms with Gasteiger partial charge < -0.3 is 15.4 Å². The van der Waals surface area contributed by atoms with Crippen molar-refractivity contribution in [3.63, 3.8) is 0 Å². The Morgan fingerprint density at radius 1 is 1.35 bits per heavy atom. The molecule has 0 aliphatic carbocycles. The smallest absolute Gasteiger partial charge is 0.257 e. The third-order valence-electron chi connectivity index (χ3n) is 3.58. The second-order valence-electron chi connectivity index (χ2n) is 4.81. The van der Waals surface area contributed by atoms with Gasteiger partial charge in [-0.15, -0.1) is 0 Å². The fourth-order valence-electron chi connectivity index (χ4n) is 2.38. The topological polar surface area (TPSA) is 72.6 Å². The van der Waals surface area contributed by atoms with Crippen molar-refractivity contribution in [1.82, 2.24) is 4.90 Å². The Balaban J connectivity index is 2.13. The molecule has 0 atom stereocenters. The van der Waals surface area contributed by atoms with E-state index in [9.17, 15) is 14.0 Å². The predicted octanol–water partition coefficient (Wildman–Crippen LogP) is 1.17. The largest absolute Gasteiger partial charge is 0.496 e. The van der Waals surface area contributed by atoms with Crippen LogP contribution in [-0.4, -0.2) is 36.9 Å². The Morgan fingerprint density at radius 2 is 2.00 bits per heavy atom. The summed E-state index contributed by atoms with van der Waals surface area (Å²) < 4.78 is 18.4. The van der Waals surface area contributed by atoms with Crippen molar-refractivity contribution in [2.45, 2.75) is 12.8 Å². The number of halogens is 1. The molecule has 2 rings (SSSR count). The maximum atomic E-state index is 13.3. The first kappa shape index (κ1) is 14.3. The van der Waals surface area contributed by atoms with Gasteiger partial charge in [0.2, 0.25) is 5.91 Å². The lowest BCUT2D eigenvalue weighted by atomic mass is 9.96. The monoisotopic (exact) mass is 280 g/mol. The maximum Gasteiger partial charge on any atom is 0.257 e. The van der Waals surface area contributed by atoms with Gasteiger partial charge in [0.05, 0.1) is 12.7 Å². The highest BCUT2D eigenvalue weighted by atomic mass is 19.1. The number of benzene rings is 1. The summed E-state index contributed by atoms with van der Waals surface area (Å²) in [6.07, 6.45) is 1.08. The molecule has 0 aromatic heterocycles. The van der Waals surface area contributed by atoms with Crippen LogP contribution in [0.25, 0.3) is 0 Å². The van der Waals surface area contributed by atoms with E-state index in [0.717, 1.165) is 0 Å². The highest BCUT2D eigenvalue weighted by molar-refractivity contribution is 5.97. The van der Waals surface area contributed by atoms with Crippen LogP contribution in [0.4, 0.5) is 4.39 Å². The van der Waals surface area contributed by atoms with Crippen molar-refractivity contribution >= 4 is 11.8 Å². The predicted molar refractivity (Wildman–Crippen MR) is 70.8 cm³/mol. The molecule has 1 heterocycles. The number of rotatable bonds is 3. The van der Waals surface area contributed by atoms with E-state index < -0.39 is 5.82 Å². The molecule has 1 saturated heterocycles. The highest BCUT2D eigenvalue weighted by Gasteiger charge is 2.27. The summed E-state index contributed by atoms with van der Waals surface area (Å²) in [7, 11) is 1.43. The molecule has 1 aliphatic rings. The number of nitrogens with zero attached hydrogens (tertiary/aromatic N) is 1. The number of carbonyl (C=O) groups is 2. The van der Waals surface area contributed by atoms with Crippen molar-refractivity contribution < 1.29 is 18.7 Å². The quantitative estimate of drug-likeness (QED) is 0.903. The van der Waals surface area contributed by atoms with Crippen molar-refractivity contribution in [3.8, 4) is 5.75 Å². The lowest BCUT2D eigenvalue weighted by molar-refractivity contribution is -0.123. The minimum absolute atomic E-state index is 0.187. The molecule has 0 unspecified atom stereocenters. The van der Waals surface area contributed by atoms with Crippen molar-refractivity contribution in [1.29, 1.82) is 0 Å². The molecule has 0 radical (unpaired) electrons. The zero-order valence-corrected chi connectivity index (χ0v) is 11.3. The molecule has 1 aliphatic heterocycles. The molecule has 1 fully saturated rings. The molecule has 20 heavy (non-hydrogen) atoms. The molecule has 0 bridgehead atoms. The number of likely N-dealkylation sites (tertiary alicyclic amines) is 1. The third-order valence-corrected chi connectivity index (χ3v) is 3.58. The molecule has 2 N–H and O–H groups in total. The molecule has 1 aromatic rings. The Morgan fingerprint density at radius 3 is 2.55 bits per heavy atom. The van der Waals surface area contributed by atoms with Gasteiger partial charge in [-0.2, -0.15) is 0 Å². The zero-order valence-electron chi connectivity index (χ0n) is 11.3. The van der Waals surface area contributed by atoms with Gasteiger partial charge in [-0.05, 0) is 31.0 Å². The number of hydrogen-bond acceptors (Lipinski definition) is 3. The number of ether oxygens (including phenoxy) is 1. The first-order chi connectivity index (χ1) is 9.52. The zero-order chi connectivity index (χ0) is 14.7. The van der Waals surface area contributed by atoms with E-state index in [1.807, 2.05) is 0 Å². The van der Waals surface area contributed by atoms with Gasteiger partial charge in [-0.25, -0.2) is 4.39 Å². The van der Waals surface area contributed by atoms with Crippen molar-refractivity contribution in [2.24, 2.45) is 11.7 Å². The summed E-state index contributed by atoms with van der Waals surface area (Å²) in [4.78, 5) is 25.1. The molecule has 0 spiro atoms. The van der Waals surface area contributed by atoms with Crippen LogP contribution in [0.5, 0.6) is 5.75 Å². The van der Waals surface area contributed by atoms with Crippen LogP contribution < -0.4 is 10.5 Å². The van der Waals surface area contributed by atoms with Crippen LogP contribution in [0.3, 0.4) is 0 Å². The number of carbonyl (C=O) groups excluding carboxylic acids is 2. The second kappa shape index (κ2) is 5.90. The third kappa shape index (κ3) is 2.89. The number of methoxy groups -OCH3 is 1. The highest BCUT2D eigenvalue weighted by Crippen LogP contribution is 2.24. The molecule has 5 nitrogen and oxygen atoms in total. The van der Waals surface area contributed by atoms with E-state index in [2.05, 4.69) is 0 Å². The van der Waals surface area contributed by atoms with Crippen LogP contribution in [0.15, 0.2) is 18.2 Å². The fourth-order valence-corrected chi connectivity index (χ4v) is 2.38. The van der Waals surface area contributed by atoms with E-state index >= 15 is 0 Å². The summed E-state index contributed by atoms with van der Waals surface area (Å²) in [5.41, 5.74) is 5.45. The van der Waals surface area contributed by atoms with Gasteiger partial charge in [-0.1, -0.05) is 0 Å². The molecule has 0 saturated carbocycles. The van der Waals surface area contributed by atoms with Crippen molar-refractivity contribution in [3.05, 3.63) is 29.6 Å². The van der Waals surface area contributed by atoms with Crippen LogP contribution in [0, 0.1) is 11.7 Å². The number of piperidine rings is 1. The second-order valence-corrected chi connectivity index (χ2v) is 4.81. The Bertz CT molecular complexity index is 525. The average molecular weight is 280 g/mol. The van der Waals surface area contributed by atoms with Crippen LogP contribution in [-0.2, 0) is 4.79 Å². The van der Waals surface area contributed by atoms with E-state index in [0.29, 0.717) is 31.7 Å². The SMILES string of the molecule is COc1ccc(F)cc1C(=O)N1CCC(C(N)=O)CC1. The molecule has 6 heteroatoms. The number of nitrogens with two attached hydrogens (primary N) is 1. The molecule has 108 valence electrons.